The summed E-state index contributed by atoms with van der Waals surface area (Å²) >= 11 is 1.37. The molecule has 0 fully saturated rings. The van der Waals surface area contributed by atoms with Gasteiger partial charge in [0, 0.05) is 11.1 Å². The van der Waals surface area contributed by atoms with Gasteiger partial charge in [-0.1, -0.05) is 17.4 Å². The number of rotatable bonds is 4. The van der Waals surface area contributed by atoms with E-state index in [1.54, 1.807) is 16.6 Å². The van der Waals surface area contributed by atoms with Gasteiger partial charge in [-0.25, -0.2) is 4.39 Å². The van der Waals surface area contributed by atoms with E-state index in [1.807, 2.05) is 6.07 Å². The topological polar surface area (TPSA) is 81.4 Å². The van der Waals surface area contributed by atoms with E-state index in [-0.39, 0.29) is 5.56 Å². The Bertz CT molecular complexity index is 1080. The van der Waals surface area contributed by atoms with Crippen LogP contribution in [-0.2, 0) is 0 Å². The lowest BCUT2D eigenvalue weighted by Crippen LogP contribution is -2.13. The second-order valence-corrected chi connectivity index (χ2v) is 6.30. The summed E-state index contributed by atoms with van der Waals surface area (Å²) < 4.78 is 20.2. The Labute approximate surface area is 151 Å². The lowest BCUT2D eigenvalue weighted by Gasteiger charge is -2.11. The average molecular weight is 369 g/mol. The van der Waals surface area contributed by atoms with Crippen LogP contribution in [0.3, 0.4) is 0 Å². The van der Waals surface area contributed by atoms with Crippen molar-refractivity contribution < 1.29 is 13.9 Å². The highest BCUT2D eigenvalue weighted by molar-refractivity contribution is 7.19. The van der Waals surface area contributed by atoms with Crippen molar-refractivity contribution in [2.45, 2.75) is 0 Å². The number of aromatic nitrogens is 4. The lowest BCUT2D eigenvalue weighted by molar-refractivity contribution is 0.102. The fourth-order valence-electron chi connectivity index (χ4n) is 2.44. The average Bonchev–Trinajstić information content (AvgIpc) is 3.23. The standard InChI is InChI=1S/C17H12FN5O2S/c1-25-14-6-5-11(16-22-23-9-19-21-17(23)26-16)8-13(14)20-15(24)10-3-2-4-12(18)7-10/h2-9H,1H3,(H,20,24). The van der Waals surface area contributed by atoms with Crippen LogP contribution in [0, 0.1) is 5.82 Å². The van der Waals surface area contributed by atoms with E-state index in [4.69, 9.17) is 4.74 Å². The Morgan fingerprint density at radius 1 is 1.27 bits per heavy atom. The number of carbonyl (C=O) groups excluding carboxylic acids is 1. The van der Waals surface area contributed by atoms with Gasteiger partial charge in [0.15, 0.2) is 0 Å². The van der Waals surface area contributed by atoms with Crippen LogP contribution in [0.25, 0.3) is 15.5 Å². The van der Waals surface area contributed by atoms with Crippen molar-refractivity contribution in [3.05, 3.63) is 60.2 Å². The molecule has 0 atom stereocenters. The number of anilines is 1. The van der Waals surface area contributed by atoms with Gasteiger partial charge in [-0.15, -0.1) is 10.2 Å². The van der Waals surface area contributed by atoms with Gasteiger partial charge in [0.25, 0.3) is 5.91 Å². The molecule has 2 aromatic carbocycles. The van der Waals surface area contributed by atoms with Crippen LogP contribution in [0.2, 0.25) is 0 Å². The highest BCUT2D eigenvalue weighted by Gasteiger charge is 2.14. The molecule has 0 radical (unpaired) electrons. The third-order valence-electron chi connectivity index (χ3n) is 3.67. The molecule has 0 spiro atoms. The first-order chi connectivity index (χ1) is 12.6. The van der Waals surface area contributed by atoms with Gasteiger partial charge < -0.3 is 10.1 Å². The molecule has 4 rings (SSSR count). The quantitative estimate of drug-likeness (QED) is 0.597. The fraction of sp³-hybridized carbons (Fsp3) is 0.0588. The first kappa shape index (κ1) is 16.2. The molecule has 0 aliphatic rings. The monoisotopic (exact) mass is 369 g/mol. The number of ether oxygens (including phenoxy) is 1. The van der Waals surface area contributed by atoms with Crippen LogP contribution in [0.1, 0.15) is 10.4 Å². The molecule has 9 heteroatoms. The number of methoxy groups -OCH3 is 1. The second kappa shape index (κ2) is 6.52. The number of nitrogens with zero attached hydrogens (tertiary/aromatic N) is 4. The zero-order valence-corrected chi connectivity index (χ0v) is 14.3. The minimum atomic E-state index is -0.474. The van der Waals surface area contributed by atoms with Crippen molar-refractivity contribution in [2.24, 2.45) is 0 Å². The van der Waals surface area contributed by atoms with Crippen molar-refractivity contribution in [3.8, 4) is 16.3 Å². The third-order valence-corrected chi connectivity index (χ3v) is 4.63. The summed E-state index contributed by atoms with van der Waals surface area (Å²) in [6.45, 7) is 0. The molecule has 0 unspecified atom stereocenters. The number of nitrogens with one attached hydrogen (secondary N) is 1. The van der Waals surface area contributed by atoms with Gasteiger partial charge in [0.05, 0.1) is 12.8 Å². The van der Waals surface area contributed by atoms with Crippen LogP contribution in [-0.4, -0.2) is 32.8 Å². The van der Waals surface area contributed by atoms with Crippen LogP contribution in [0.15, 0.2) is 48.8 Å². The molecule has 0 saturated carbocycles. The van der Waals surface area contributed by atoms with Crippen LogP contribution < -0.4 is 10.1 Å². The summed E-state index contributed by atoms with van der Waals surface area (Å²) in [7, 11) is 1.51. The van der Waals surface area contributed by atoms with E-state index in [9.17, 15) is 9.18 Å². The smallest absolute Gasteiger partial charge is 0.255 e. The largest absolute Gasteiger partial charge is 0.495 e. The second-order valence-electron chi connectivity index (χ2n) is 5.34. The van der Waals surface area contributed by atoms with E-state index < -0.39 is 11.7 Å². The summed E-state index contributed by atoms with van der Waals surface area (Å²) in [5, 5.41) is 15.6. The van der Waals surface area contributed by atoms with Crippen LogP contribution >= 0.6 is 11.3 Å². The van der Waals surface area contributed by atoms with Gasteiger partial charge in [-0.05, 0) is 36.4 Å². The maximum Gasteiger partial charge on any atom is 0.255 e. The highest BCUT2D eigenvalue weighted by Crippen LogP contribution is 2.32. The molecule has 0 aliphatic heterocycles. The van der Waals surface area contributed by atoms with Gasteiger partial charge in [0.1, 0.15) is 22.9 Å². The molecule has 2 heterocycles. The van der Waals surface area contributed by atoms with Crippen LogP contribution in [0.5, 0.6) is 5.75 Å². The SMILES string of the molecule is COc1ccc(-c2nn3cnnc3s2)cc1NC(=O)c1cccc(F)c1. The van der Waals surface area contributed by atoms with Crippen molar-refractivity contribution in [1.29, 1.82) is 0 Å². The predicted octanol–water partition coefficient (Wildman–Crippen LogP) is 3.25. The molecule has 1 N–H and O–H groups in total. The first-order valence-electron chi connectivity index (χ1n) is 7.56. The molecule has 7 nitrogen and oxygen atoms in total. The van der Waals surface area contributed by atoms with Crippen molar-refractivity contribution in [2.75, 3.05) is 12.4 Å². The normalized spacial score (nSPS) is 10.8. The van der Waals surface area contributed by atoms with Gasteiger partial charge >= 0.3 is 0 Å². The molecule has 0 aliphatic carbocycles. The zero-order valence-electron chi connectivity index (χ0n) is 13.5. The van der Waals surface area contributed by atoms with Gasteiger partial charge in [0.2, 0.25) is 4.96 Å². The molecule has 1 amide bonds. The van der Waals surface area contributed by atoms with Gasteiger partial charge in [-0.3, -0.25) is 4.79 Å². The Balaban J connectivity index is 1.68. The first-order valence-corrected chi connectivity index (χ1v) is 8.38. The lowest BCUT2D eigenvalue weighted by atomic mass is 10.1. The minimum absolute atomic E-state index is 0.219. The number of hydrogen-bond donors (Lipinski definition) is 1. The van der Waals surface area contributed by atoms with E-state index >= 15 is 0 Å². The van der Waals surface area contributed by atoms with Crippen molar-refractivity contribution in [1.82, 2.24) is 19.8 Å². The Hall–Kier alpha value is -3.33. The summed E-state index contributed by atoms with van der Waals surface area (Å²) in [5.74, 6) is -0.419. The Morgan fingerprint density at radius 3 is 2.92 bits per heavy atom. The molecule has 4 aromatic rings. The Morgan fingerprint density at radius 2 is 2.15 bits per heavy atom. The fourth-order valence-corrected chi connectivity index (χ4v) is 3.26. The number of hydrogen-bond acceptors (Lipinski definition) is 6. The summed E-state index contributed by atoms with van der Waals surface area (Å²) in [6.07, 6.45) is 1.52. The summed E-state index contributed by atoms with van der Waals surface area (Å²) in [6, 6.07) is 10.8. The third kappa shape index (κ3) is 3.00. The van der Waals surface area contributed by atoms with E-state index in [2.05, 4.69) is 20.6 Å². The van der Waals surface area contributed by atoms with Crippen molar-refractivity contribution >= 4 is 27.9 Å². The highest BCUT2D eigenvalue weighted by atomic mass is 32.1. The maximum absolute atomic E-state index is 13.3. The van der Waals surface area contributed by atoms with E-state index in [0.29, 0.717) is 16.4 Å². The molecular weight excluding hydrogens is 357 g/mol. The van der Waals surface area contributed by atoms with Crippen molar-refractivity contribution in [3.63, 3.8) is 0 Å². The summed E-state index contributed by atoms with van der Waals surface area (Å²) in [4.78, 5) is 13.1. The number of halogens is 1. The molecule has 0 bridgehead atoms. The molecular formula is C17H12FN5O2S. The van der Waals surface area contributed by atoms with Crippen LogP contribution in [0.4, 0.5) is 10.1 Å². The molecule has 0 saturated heterocycles. The number of fused-ring (bicyclic) bond motifs is 1. The molecule has 2 aromatic heterocycles. The number of benzene rings is 2. The summed E-state index contributed by atoms with van der Waals surface area (Å²) in [5.41, 5.74) is 1.47. The number of carbonyl (C=O) groups is 1. The van der Waals surface area contributed by atoms with Gasteiger partial charge in [-0.2, -0.15) is 9.61 Å². The maximum atomic E-state index is 13.3. The predicted molar refractivity (Wildman–Crippen MR) is 95.0 cm³/mol. The Kier molecular flexibility index (Phi) is 4.05. The van der Waals surface area contributed by atoms with E-state index in [1.165, 1.54) is 49.0 Å². The minimum Gasteiger partial charge on any atom is -0.495 e. The zero-order chi connectivity index (χ0) is 18.1. The number of amides is 1. The molecule has 130 valence electrons. The molecule has 26 heavy (non-hydrogen) atoms. The van der Waals surface area contributed by atoms with E-state index in [0.717, 1.165) is 10.6 Å².